The summed E-state index contributed by atoms with van der Waals surface area (Å²) < 4.78 is 25.8. The molecule has 0 unspecified atom stereocenters. The van der Waals surface area contributed by atoms with E-state index in [2.05, 4.69) is 0 Å². The second-order valence-corrected chi connectivity index (χ2v) is 7.19. The third-order valence-electron chi connectivity index (χ3n) is 3.29. The van der Waals surface area contributed by atoms with Crippen LogP contribution in [0.4, 0.5) is 0 Å². The second kappa shape index (κ2) is 5.59. The Kier molecular flexibility index (Phi) is 4.30. The molecule has 1 aliphatic rings. The van der Waals surface area contributed by atoms with E-state index in [1.807, 2.05) is 25.1 Å². The lowest BCUT2D eigenvalue weighted by atomic mass is 10.0. The van der Waals surface area contributed by atoms with Crippen LogP contribution >= 0.6 is 11.6 Å². The first-order valence-electron chi connectivity index (χ1n) is 6.28. The maximum atomic E-state index is 12.1. The molecule has 1 heterocycles. The molecule has 1 aromatic carbocycles. The predicted molar refractivity (Wildman–Crippen MR) is 74.3 cm³/mol. The Morgan fingerprint density at radius 3 is 2.83 bits per heavy atom. The third kappa shape index (κ3) is 3.05. The molecule has 0 fully saturated rings. The molecule has 0 bridgehead atoms. The van der Waals surface area contributed by atoms with Crippen LogP contribution in [0.2, 0.25) is 5.02 Å². The average Bonchev–Trinajstić information content (AvgIpc) is 2.35. The van der Waals surface area contributed by atoms with Gasteiger partial charge in [-0.25, -0.2) is 8.42 Å². The largest absolute Gasteiger partial charge is 0.214 e. The Balaban J connectivity index is 2.16. The molecule has 1 aliphatic heterocycles. The molecular weight excluding hydrogens is 270 g/mol. The van der Waals surface area contributed by atoms with Gasteiger partial charge in [0.15, 0.2) is 0 Å². The first-order chi connectivity index (χ1) is 8.53. The average molecular weight is 288 g/mol. The van der Waals surface area contributed by atoms with Crippen molar-refractivity contribution in [1.29, 1.82) is 0 Å². The van der Waals surface area contributed by atoms with Crippen LogP contribution in [0, 0.1) is 0 Å². The van der Waals surface area contributed by atoms with Crippen molar-refractivity contribution in [2.24, 2.45) is 0 Å². The smallest absolute Gasteiger partial charge is 0.212 e. The standard InChI is InChI=1S/C13H18ClNO2S/c1-2-3-8-18(16,17)15-7-6-11-4-5-13(14)9-12(11)10-15/h4-5,9H,2-3,6-8,10H2,1H3. The number of hydrogen-bond acceptors (Lipinski definition) is 2. The molecular formula is C13H18ClNO2S. The minimum atomic E-state index is -3.11. The van der Waals surface area contributed by atoms with Crippen molar-refractivity contribution >= 4 is 21.6 Å². The molecule has 0 spiro atoms. The topological polar surface area (TPSA) is 37.4 Å². The van der Waals surface area contributed by atoms with Gasteiger partial charge in [0.25, 0.3) is 0 Å². The normalized spacial score (nSPS) is 16.6. The van der Waals surface area contributed by atoms with E-state index in [4.69, 9.17) is 11.6 Å². The van der Waals surface area contributed by atoms with Crippen molar-refractivity contribution in [3.05, 3.63) is 34.3 Å². The number of hydrogen-bond donors (Lipinski definition) is 0. The zero-order chi connectivity index (χ0) is 13.2. The molecule has 0 aliphatic carbocycles. The number of halogens is 1. The summed E-state index contributed by atoms with van der Waals surface area (Å²) in [6.07, 6.45) is 2.40. The van der Waals surface area contributed by atoms with E-state index in [1.165, 1.54) is 5.56 Å². The van der Waals surface area contributed by atoms with E-state index in [9.17, 15) is 8.42 Å². The van der Waals surface area contributed by atoms with Gasteiger partial charge in [-0.3, -0.25) is 0 Å². The van der Waals surface area contributed by atoms with Crippen molar-refractivity contribution in [1.82, 2.24) is 4.31 Å². The summed E-state index contributed by atoms with van der Waals surface area (Å²) in [6, 6.07) is 5.73. The Bertz CT molecular complexity index is 528. The van der Waals surface area contributed by atoms with Crippen LogP contribution in [0.15, 0.2) is 18.2 Å². The van der Waals surface area contributed by atoms with Crippen molar-refractivity contribution in [2.75, 3.05) is 12.3 Å². The van der Waals surface area contributed by atoms with Crippen LogP contribution in [-0.4, -0.2) is 25.0 Å². The van der Waals surface area contributed by atoms with E-state index in [-0.39, 0.29) is 5.75 Å². The minimum absolute atomic E-state index is 0.249. The summed E-state index contributed by atoms with van der Waals surface area (Å²) in [5.74, 6) is 0.249. The van der Waals surface area contributed by atoms with Gasteiger partial charge in [-0.2, -0.15) is 4.31 Å². The molecule has 5 heteroatoms. The summed E-state index contributed by atoms with van der Waals surface area (Å²) in [6.45, 7) is 3.05. The molecule has 3 nitrogen and oxygen atoms in total. The molecule has 0 atom stereocenters. The predicted octanol–water partition coefficient (Wildman–Crippen LogP) is 2.83. The highest BCUT2D eigenvalue weighted by Crippen LogP contribution is 2.24. The molecule has 1 aromatic rings. The van der Waals surface area contributed by atoms with Crippen LogP contribution in [0.1, 0.15) is 30.9 Å². The zero-order valence-corrected chi connectivity index (χ0v) is 12.1. The maximum absolute atomic E-state index is 12.1. The van der Waals surface area contributed by atoms with E-state index in [0.29, 0.717) is 18.1 Å². The molecule has 0 N–H and O–H groups in total. The summed E-state index contributed by atoms with van der Waals surface area (Å²) in [5, 5.41) is 0.668. The fourth-order valence-corrected chi connectivity index (χ4v) is 4.00. The van der Waals surface area contributed by atoms with Gasteiger partial charge in [0, 0.05) is 18.1 Å². The Hall–Kier alpha value is -0.580. The molecule has 0 saturated heterocycles. The Morgan fingerprint density at radius 1 is 1.33 bits per heavy atom. The molecule has 100 valence electrons. The minimum Gasteiger partial charge on any atom is -0.212 e. The van der Waals surface area contributed by atoms with Crippen LogP contribution < -0.4 is 0 Å². The van der Waals surface area contributed by atoms with Gasteiger partial charge < -0.3 is 0 Å². The number of nitrogens with zero attached hydrogens (tertiary/aromatic N) is 1. The van der Waals surface area contributed by atoms with Crippen molar-refractivity contribution in [3.63, 3.8) is 0 Å². The Labute approximate surface area is 114 Å². The lowest BCUT2D eigenvalue weighted by molar-refractivity contribution is 0.390. The van der Waals surface area contributed by atoms with Crippen molar-refractivity contribution in [2.45, 2.75) is 32.7 Å². The van der Waals surface area contributed by atoms with E-state index in [1.54, 1.807) is 4.31 Å². The first kappa shape index (κ1) is 13.8. The summed E-state index contributed by atoms with van der Waals surface area (Å²) in [5.41, 5.74) is 2.25. The summed E-state index contributed by atoms with van der Waals surface area (Å²) in [7, 11) is -3.11. The fraction of sp³-hybridized carbons (Fsp3) is 0.538. The van der Waals surface area contributed by atoms with E-state index < -0.39 is 10.0 Å². The molecule has 0 aromatic heterocycles. The second-order valence-electron chi connectivity index (χ2n) is 4.67. The fourth-order valence-electron chi connectivity index (χ4n) is 2.19. The highest BCUT2D eigenvalue weighted by atomic mass is 35.5. The number of sulfonamides is 1. The molecule has 2 rings (SSSR count). The molecule has 18 heavy (non-hydrogen) atoms. The monoisotopic (exact) mass is 287 g/mol. The third-order valence-corrected chi connectivity index (χ3v) is 5.43. The van der Waals surface area contributed by atoms with E-state index in [0.717, 1.165) is 24.8 Å². The van der Waals surface area contributed by atoms with Crippen LogP contribution in [0.25, 0.3) is 0 Å². The Morgan fingerprint density at radius 2 is 2.11 bits per heavy atom. The maximum Gasteiger partial charge on any atom is 0.214 e. The van der Waals surface area contributed by atoms with Crippen LogP contribution in [0.5, 0.6) is 0 Å². The lowest BCUT2D eigenvalue weighted by Gasteiger charge is -2.28. The summed E-state index contributed by atoms with van der Waals surface area (Å²) in [4.78, 5) is 0. The van der Waals surface area contributed by atoms with Gasteiger partial charge >= 0.3 is 0 Å². The van der Waals surface area contributed by atoms with E-state index >= 15 is 0 Å². The highest BCUT2D eigenvalue weighted by Gasteiger charge is 2.26. The van der Waals surface area contributed by atoms with Crippen LogP contribution in [-0.2, 0) is 23.0 Å². The molecule has 0 saturated carbocycles. The molecule has 0 amide bonds. The zero-order valence-electron chi connectivity index (χ0n) is 10.5. The summed E-state index contributed by atoms with van der Waals surface area (Å²) >= 11 is 5.95. The quantitative estimate of drug-likeness (QED) is 0.854. The van der Waals surface area contributed by atoms with Crippen molar-refractivity contribution < 1.29 is 8.42 Å². The number of fused-ring (bicyclic) bond motifs is 1. The number of unbranched alkanes of at least 4 members (excludes halogenated alkanes) is 1. The SMILES string of the molecule is CCCCS(=O)(=O)N1CCc2ccc(Cl)cc2C1. The number of rotatable bonds is 4. The van der Waals surface area contributed by atoms with Gasteiger partial charge in [0.05, 0.1) is 5.75 Å². The van der Waals surface area contributed by atoms with Gasteiger partial charge in [-0.1, -0.05) is 31.0 Å². The van der Waals surface area contributed by atoms with Gasteiger partial charge in [0.1, 0.15) is 0 Å². The lowest BCUT2D eigenvalue weighted by Crippen LogP contribution is -2.37. The van der Waals surface area contributed by atoms with Crippen molar-refractivity contribution in [3.8, 4) is 0 Å². The number of benzene rings is 1. The van der Waals surface area contributed by atoms with Gasteiger partial charge in [0.2, 0.25) is 10.0 Å². The highest BCUT2D eigenvalue weighted by molar-refractivity contribution is 7.89. The van der Waals surface area contributed by atoms with Gasteiger partial charge in [-0.05, 0) is 36.1 Å². The first-order valence-corrected chi connectivity index (χ1v) is 8.27. The molecule has 0 radical (unpaired) electrons. The van der Waals surface area contributed by atoms with Gasteiger partial charge in [-0.15, -0.1) is 0 Å². The van der Waals surface area contributed by atoms with Crippen LogP contribution in [0.3, 0.4) is 0 Å².